The summed E-state index contributed by atoms with van der Waals surface area (Å²) < 4.78 is 11.4. The first kappa shape index (κ1) is 9.44. The fourth-order valence-corrected chi connectivity index (χ4v) is 0.463. The normalized spacial score (nSPS) is 14.6. The minimum Gasteiger partial charge on any atom is -0.247 e. The van der Waals surface area contributed by atoms with Crippen molar-refractivity contribution >= 4 is 11.6 Å². The quantitative estimate of drug-likeness (QED) is 0.337. The maximum atomic E-state index is 11.4. The third-order valence-corrected chi connectivity index (χ3v) is 1.18. The molecule has 0 radical (unpaired) electrons. The van der Waals surface area contributed by atoms with Crippen molar-refractivity contribution in [2.24, 2.45) is 0 Å². The summed E-state index contributed by atoms with van der Waals surface area (Å²) in [5.74, 6) is 0. The highest BCUT2D eigenvalue weighted by Gasteiger charge is 1.85. The second kappa shape index (κ2) is 6.56. The van der Waals surface area contributed by atoms with E-state index in [-0.39, 0.29) is 5.38 Å². The minimum absolute atomic E-state index is 0.163. The maximum Gasteiger partial charge on any atom is 0.108 e. The molecule has 1 atom stereocenters. The van der Waals surface area contributed by atoms with Gasteiger partial charge in [0.05, 0.1) is 5.38 Å². The first-order valence-corrected chi connectivity index (χ1v) is 3.41. The van der Waals surface area contributed by atoms with Crippen LogP contribution in [0.25, 0.3) is 0 Å². The third kappa shape index (κ3) is 5.57. The Labute approximate surface area is 65.7 Å². The van der Waals surface area contributed by atoms with Crippen LogP contribution in [0.1, 0.15) is 0 Å². The van der Waals surface area contributed by atoms with Crippen LogP contribution in [0.2, 0.25) is 0 Å². The molecule has 0 saturated carbocycles. The third-order valence-electron chi connectivity index (χ3n) is 0.856. The average molecular weight is 161 g/mol. The number of hydrogen-bond acceptors (Lipinski definition) is 0. The summed E-state index contributed by atoms with van der Waals surface area (Å²) in [6.07, 6.45) is 8.03. The van der Waals surface area contributed by atoms with E-state index in [0.717, 1.165) is 0 Å². The predicted octanol–water partition coefficient (Wildman–Crippen LogP) is 2.86. The highest BCUT2D eigenvalue weighted by Crippen LogP contribution is 1.97. The van der Waals surface area contributed by atoms with Crippen LogP contribution in [0.4, 0.5) is 4.39 Å². The van der Waals surface area contributed by atoms with E-state index in [1.54, 1.807) is 24.3 Å². The molecule has 0 nitrogen and oxygen atoms in total. The van der Waals surface area contributed by atoms with Crippen LogP contribution in [-0.4, -0.2) is 12.1 Å². The molecule has 0 aromatic carbocycles. The van der Waals surface area contributed by atoms with E-state index in [4.69, 9.17) is 11.6 Å². The summed E-state index contributed by atoms with van der Waals surface area (Å²) in [7, 11) is 0. The van der Waals surface area contributed by atoms with Crippen molar-refractivity contribution in [3.63, 3.8) is 0 Å². The van der Waals surface area contributed by atoms with Crippen molar-refractivity contribution in [1.82, 2.24) is 0 Å². The molecule has 0 fully saturated rings. The first-order chi connectivity index (χ1) is 4.81. The summed E-state index contributed by atoms with van der Waals surface area (Å²) in [4.78, 5) is 0. The lowest BCUT2D eigenvalue weighted by molar-refractivity contribution is 0.562. The standard InChI is InChI=1S/C8H10ClF/c1-2-8(9)6-4-3-5-7-10/h2-6,8H,1,7H2/b5-3-,6-4+/t8-/m0/s1. The highest BCUT2D eigenvalue weighted by molar-refractivity contribution is 6.22. The van der Waals surface area contributed by atoms with Crippen molar-refractivity contribution in [2.75, 3.05) is 6.67 Å². The van der Waals surface area contributed by atoms with E-state index < -0.39 is 6.67 Å². The van der Waals surface area contributed by atoms with E-state index >= 15 is 0 Å². The van der Waals surface area contributed by atoms with Gasteiger partial charge in [0.25, 0.3) is 0 Å². The molecule has 0 N–H and O–H groups in total. The summed E-state index contributed by atoms with van der Waals surface area (Å²) in [6.45, 7) is 3.04. The number of allylic oxidation sites excluding steroid dienone is 5. The van der Waals surface area contributed by atoms with Gasteiger partial charge >= 0.3 is 0 Å². The van der Waals surface area contributed by atoms with E-state index in [1.165, 1.54) is 6.08 Å². The highest BCUT2D eigenvalue weighted by atomic mass is 35.5. The summed E-state index contributed by atoms with van der Waals surface area (Å²) >= 11 is 5.61. The Morgan fingerprint density at radius 3 is 2.70 bits per heavy atom. The van der Waals surface area contributed by atoms with Crippen molar-refractivity contribution in [2.45, 2.75) is 5.38 Å². The molecule has 0 saturated heterocycles. The van der Waals surface area contributed by atoms with Gasteiger partial charge in [-0.25, -0.2) is 4.39 Å². The van der Waals surface area contributed by atoms with Gasteiger partial charge in [0.15, 0.2) is 0 Å². The van der Waals surface area contributed by atoms with Gasteiger partial charge in [-0.1, -0.05) is 30.4 Å². The number of hydrogen-bond donors (Lipinski definition) is 0. The van der Waals surface area contributed by atoms with Crippen molar-refractivity contribution in [3.05, 3.63) is 37.0 Å². The second-order valence-electron chi connectivity index (χ2n) is 1.65. The topological polar surface area (TPSA) is 0 Å². The van der Waals surface area contributed by atoms with Crippen LogP contribution >= 0.6 is 11.6 Å². The lowest BCUT2D eigenvalue weighted by Gasteiger charge is -1.88. The Balaban J connectivity index is 3.54. The van der Waals surface area contributed by atoms with Crippen molar-refractivity contribution in [3.8, 4) is 0 Å². The van der Waals surface area contributed by atoms with Crippen LogP contribution in [-0.2, 0) is 0 Å². The summed E-state index contributed by atoms with van der Waals surface area (Å²) in [5.41, 5.74) is 0. The van der Waals surface area contributed by atoms with Gasteiger partial charge in [-0.2, -0.15) is 0 Å². The fourth-order valence-electron chi connectivity index (χ4n) is 0.379. The predicted molar refractivity (Wildman–Crippen MR) is 44.1 cm³/mol. The largest absolute Gasteiger partial charge is 0.247 e. The molecule has 0 unspecified atom stereocenters. The molecule has 10 heavy (non-hydrogen) atoms. The van der Waals surface area contributed by atoms with Gasteiger partial charge < -0.3 is 0 Å². The zero-order chi connectivity index (χ0) is 7.82. The van der Waals surface area contributed by atoms with Crippen LogP contribution in [0.3, 0.4) is 0 Å². The molecule has 0 spiro atoms. The Bertz CT molecular complexity index is 138. The van der Waals surface area contributed by atoms with Crippen molar-refractivity contribution in [1.29, 1.82) is 0 Å². The Morgan fingerprint density at radius 1 is 1.50 bits per heavy atom. The van der Waals surface area contributed by atoms with E-state index in [1.807, 2.05) is 0 Å². The molecule has 0 aliphatic heterocycles. The van der Waals surface area contributed by atoms with Crippen LogP contribution in [0.5, 0.6) is 0 Å². The Kier molecular flexibility index (Phi) is 6.19. The molecular formula is C8H10ClF. The molecule has 0 bridgehead atoms. The smallest absolute Gasteiger partial charge is 0.108 e. The van der Waals surface area contributed by atoms with Gasteiger partial charge in [-0.15, -0.1) is 18.2 Å². The van der Waals surface area contributed by atoms with E-state index in [9.17, 15) is 4.39 Å². The Hall–Kier alpha value is -0.560. The average Bonchev–Trinajstić information content (AvgIpc) is 1.98. The molecule has 0 aromatic heterocycles. The van der Waals surface area contributed by atoms with Crippen LogP contribution < -0.4 is 0 Å². The van der Waals surface area contributed by atoms with Crippen LogP contribution in [0.15, 0.2) is 37.0 Å². The first-order valence-electron chi connectivity index (χ1n) is 2.97. The number of alkyl halides is 2. The fraction of sp³-hybridized carbons (Fsp3) is 0.250. The Morgan fingerprint density at radius 2 is 2.20 bits per heavy atom. The van der Waals surface area contributed by atoms with Gasteiger partial charge in [0.2, 0.25) is 0 Å². The molecule has 0 aromatic rings. The summed E-state index contributed by atoms with van der Waals surface area (Å²) in [6, 6.07) is 0. The number of halogens is 2. The van der Waals surface area contributed by atoms with Gasteiger partial charge in [0, 0.05) is 0 Å². The SMILES string of the molecule is C=C[C@H](Cl)/C=C/C=C\CF. The molecule has 2 heteroatoms. The lowest BCUT2D eigenvalue weighted by atomic mass is 10.3. The summed E-state index contributed by atoms with van der Waals surface area (Å²) in [5, 5.41) is -0.163. The molecule has 56 valence electrons. The zero-order valence-corrected chi connectivity index (χ0v) is 6.39. The molecular weight excluding hydrogens is 151 g/mol. The molecule has 0 amide bonds. The van der Waals surface area contributed by atoms with Gasteiger partial charge in [-0.05, 0) is 0 Å². The minimum atomic E-state index is -0.439. The lowest BCUT2D eigenvalue weighted by Crippen LogP contribution is -1.81. The van der Waals surface area contributed by atoms with E-state index in [0.29, 0.717) is 0 Å². The molecule has 0 aliphatic carbocycles. The van der Waals surface area contributed by atoms with Crippen LogP contribution in [0, 0.1) is 0 Å². The second-order valence-corrected chi connectivity index (χ2v) is 2.15. The molecule has 0 heterocycles. The molecule has 0 rings (SSSR count). The number of rotatable bonds is 4. The van der Waals surface area contributed by atoms with E-state index in [2.05, 4.69) is 6.58 Å². The van der Waals surface area contributed by atoms with Gasteiger partial charge in [-0.3, -0.25) is 0 Å². The van der Waals surface area contributed by atoms with Gasteiger partial charge in [0.1, 0.15) is 6.67 Å². The van der Waals surface area contributed by atoms with Crippen molar-refractivity contribution < 1.29 is 4.39 Å². The maximum absolute atomic E-state index is 11.4. The molecule has 0 aliphatic rings. The zero-order valence-electron chi connectivity index (χ0n) is 5.63. The monoisotopic (exact) mass is 160 g/mol.